The van der Waals surface area contributed by atoms with E-state index in [1.165, 1.54) is 13.2 Å². The maximum Gasteiger partial charge on any atom is 0.274 e. The Balaban J connectivity index is 1.85. The van der Waals surface area contributed by atoms with Gasteiger partial charge in [-0.3, -0.25) is 10.1 Å². The Bertz CT molecular complexity index is 699. The molecule has 0 aromatic carbocycles. The summed E-state index contributed by atoms with van der Waals surface area (Å²) < 4.78 is 7.82. The van der Waals surface area contributed by atoms with Gasteiger partial charge in [-0.1, -0.05) is 11.6 Å². The number of rotatable bonds is 4. The van der Waals surface area contributed by atoms with Crippen LogP contribution >= 0.6 is 27.5 Å². The quantitative estimate of drug-likeness (QED) is 0.837. The molecular formula is C13H12BrClN4O2. The van der Waals surface area contributed by atoms with Crippen molar-refractivity contribution in [1.29, 1.82) is 0 Å². The second-order valence-electron chi connectivity index (χ2n) is 4.69. The van der Waals surface area contributed by atoms with Crippen LogP contribution in [0.1, 0.15) is 29.4 Å². The van der Waals surface area contributed by atoms with E-state index in [9.17, 15) is 4.79 Å². The van der Waals surface area contributed by atoms with E-state index >= 15 is 0 Å². The van der Waals surface area contributed by atoms with E-state index in [4.69, 9.17) is 16.3 Å². The Hall–Kier alpha value is -1.60. The van der Waals surface area contributed by atoms with Gasteiger partial charge in [0.1, 0.15) is 10.8 Å². The zero-order chi connectivity index (χ0) is 15.0. The molecule has 1 amide bonds. The molecule has 0 saturated heterocycles. The van der Waals surface area contributed by atoms with Crippen LogP contribution in [-0.2, 0) is 0 Å². The smallest absolute Gasteiger partial charge is 0.274 e. The molecule has 0 radical (unpaired) electrons. The van der Waals surface area contributed by atoms with E-state index in [-0.39, 0.29) is 17.0 Å². The molecule has 1 aliphatic carbocycles. The number of halogens is 2. The number of carbonyl (C=O) groups is 1. The zero-order valence-electron chi connectivity index (χ0n) is 11.1. The first kappa shape index (κ1) is 14.3. The van der Waals surface area contributed by atoms with Crippen molar-refractivity contribution < 1.29 is 9.53 Å². The van der Waals surface area contributed by atoms with Gasteiger partial charge in [0.2, 0.25) is 11.8 Å². The summed E-state index contributed by atoms with van der Waals surface area (Å²) in [5, 5.41) is 2.85. The van der Waals surface area contributed by atoms with Gasteiger partial charge in [0.05, 0.1) is 7.11 Å². The SMILES string of the molecule is COc1cc(Cl)nc(NC(=O)c2cc(Br)cn2C2CC2)n1. The van der Waals surface area contributed by atoms with Gasteiger partial charge in [-0.15, -0.1) is 0 Å². The highest BCUT2D eigenvalue weighted by atomic mass is 79.9. The molecule has 1 fully saturated rings. The third kappa shape index (κ3) is 3.19. The highest BCUT2D eigenvalue weighted by Crippen LogP contribution is 2.37. The topological polar surface area (TPSA) is 69.0 Å². The van der Waals surface area contributed by atoms with Crippen LogP contribution in [0, 0.1) is 0 Å². The fourth-order valence-electron chi connectivity index (χ4n) is 2.01. The average molecular weight is 372 g/mol. The van der Waals surface area contributed by atoms with Crippen molar-refractivity contribution >= 4 is 39.4 Å². The first-order valence-corrected chi connectivity index (χ1v) is 7.51. The van der Waals surface area contributed by atoms with E-state index < -0.39 is 0 Å². The number of carbonyl (C=O) groups excluding carboxylic acids is 1. The van der Waals surface area contributed by atoms with Crippen molar-refractivity contribution in [3.8, 4) is 5.88 Å². The van der Waals surface area contributed by atoms with Crippen LogP contribution in [0.15, 0.2) is 22.8 Å². The Morgan fingerprint density at radius 1 is 1.48 bits per heavy atom. The van der Waals surface area contributed by atoms with Crippen molar-refractivity contribution in [2.45, 2.75) is 18.9 Å². The standard InChI is InChI=1S/C13H12BrClN4O2/c1-21-11-5-10(15)16-13(17-11)18-12(20)9-4-7(14)6-19(9)8-2-3-8/h4-6,8H,2-3H2,1H3,(H,16,17,18,20). The first-order valence-electron chi connectivity index (χ1n) is 6.34. The van der Waals surface area contributed by atoms with Crippen LogP contribution in [0.3, 0.4) is 0 Å². The molecule has 1 N–H and O–H groups in total. The summed E-state index contributed by atoms with van der Waals surface area (Å²) in [6.07, 6.45) is 4.08. The lowest BCUT2D eigenvalue weighted by atomic mass is 10.4. The number of nitrogens with zero attached hydrogens (tertiary/aromatic N) is 3. The van der Waals surface area contributed by atoms with Gasteiger partial charge >= 0.3 is 0 Å². The number of hydrogen-bond donors (Lipinski definition) is 1. The van der Waals surface area contributed by atoms with Gasteiger partial charge < -0.3 is 9.30 Å². The summed E-state index contributed by atoms with van der Waals surface area (Å²) in [6, 6.07) is 3.64. The maximum absolute atomic E-state index is 12.4. The molecule has 0 bridgehead atoms. The van der Waals surface area contributed by atoms with Gasteiger partial charge in [-0.05, 0) is 34.8 Å². The number of amides is 1. The summed E-state index contributed by atoms with van der Waals surface area (Å²) in [6.45, 7) is 0. The van der Waals surface area contributed by atoms with Crippen LogP contribution < -0.4 is 10.1 Å². The van der Waals surface area contributed by atoms with Gasteiger partial charge in [0.15, 0.2) is 0 Å². The lowest BCUT2D eigenvalue weighted by Crippen LogP contribution is -2.18. The van der Waals surface area contributed by atoms with E-state index in [1.54, 1.807) is 6.07 Å². The maximum atomic E-state index is 12.4. The number of hydrogen-bond acceptors (Lipinski definition) is 4. The lowest BCUT2D eigenvalue weighted by Gasteiger charge is -2.08. The van der Waals surface area contributed by atoms with Crippen molar-refractivity contribution in [3.05, 3.63) is 33.6 Å². The second kappa shape index (κ2) is 5.65. The Morgan fingerprint density at radius 3 is 2.90 bits per heavy atom. The number of ether oxygens (including phenoxy) is 1. The fourth-order valence-corrected chi connectivity index (χ4v) is 2.62. The number of aromatic nitrogens is 3. The Labute approximate surface area is 134 Å². The third-order valence-electron chi connectivity index (χ3n) is 3.09. The van der Waals surface area contributed by atoms with E-state index in [2.05, 4.69) is 31.2 Å². The average Bonchev–Trinajstić information content (AvgIpc) is 3.20. The fraction of sp³-hybridized carbons (Fsp3) is 0.308. The molecule has 0 spiro atoms. The lowest BCUT2D eigenvalue weighted by molar-refractivity contribution is 0.101. The second-order valence-corrected chi connectivity index (χ2v) is 6.00. The predicted molar refractivity (Wildman–Crippen MR) is 82.0 cm³/mol. The minimum Gasteiger partial charge on any atom is -0.481 e. The molecule has 6 nitrogen and oxygen atoms in total. The minimum absolute atomic E-state index is 0.115. The van der Waals surface area contributed by atoms with Crippen molar-refractivity contribution in [2.24, 2.45) is 0 Å². The molecule has 21 heavy (non-hydrogen) atoms. The summed E-state index contributed by atoms with van der Waals surface area (Å²) in [4.78, 5) is 20.4. The summed E-state index contributed by atoms with van der Waals surface area (Å²) in [5.41, 5.74) is 0.562. The van der Waals surface area contributed by atoms with Crippen molar-refractivity contribution in [3.63, 3.8) is 0 Å². The highest BCUT2D eigenvalue weighted by Gasteiger charge is 2.28. The van der Waals surface area contributed by atoms with E-state index in [0.29, 0.717) is 17.6 Å². The van der Waals surface area contributed by atoms with Crippen LogP contribution in [0.2, 0.25) is 5.15 Å². The van der Waals surface area contributed by atoms with Crippen molar-refractivity contribution in [1.82, 2.24) is 14.5 Å². The zero-order valence-corrected chi connectivity index (χ0v) is 13.5. The van der Waals surface area contributed by atoms with Gasteiger partial charge in [0, 0.05) is 22.8 Å². The molecule has 2 heterocycles. The molecule has 1 saturated carbocycles. The predicted octanol–water partition coefficient (Wildman–Crippen LogP) is 3.29. The normalized spacial score (nSPS) is 14.0. The van der Waals surface area contributed by atoms with E-state index in [0.717, 1.165) is 17.3 Å². The van der Waals surface area contributed by atoms with Crippen molar-refractivity contribution in [2.75, 3.05) is 12.4 Å². The number of anilines is 1. The molecule has 3 rings (SSSR count). The van der Waals surface area contributed by atoms with Crippen LogP contribution in [0.25, 0.3) is 0 Å². The molecule has 0 aliphatic heterocycles. The molecule has 0 atom stereocenters. The van der Waals surface area contributed by atoms with Gasteiger partial charge in [-0.25, -0.2) is 4.98 Å². The highest BCUT2D eigenvalue weighted by molar-refractivity contribution is 9.10. The molecule has 8 heteroatoms. The first-order chi connectivity index (χ1) is 10.1. The third-order valence-corrected chi connectivity index (χ3v) is 3.72. The molecule has 110 valence electrons. The Morgan fingerprint density at radius 2 is 2.24 bits per heavy atom. The molecule has 0 unspecified atom stereocenters. The number of nitrogens with one attached hydrogen (secondary N) is 1. The van der Waals surface area contributed by atoms with Crippen LogP contribution in [-0.4, -0.2) is 27.6 Å². The molecular weight excluding hydrogens is 360 g/mol. The minimum atomic E-state index is -0.281. The summed E-state index contributed by atoms with van der Waals surface area (Å²) >= 11 is 9.25. The molecule has 2 aromatic rings. The molecule has 2 aromatic heterocycles. The van der Waals surface area contributed by atoms with Crippen LogP contribution in [0.4, 0.5) is 5.95 Å². The van der Waals surface area contributed by atoms with Crippen LogP contribution in [0.5, 0.6) is 5.88 Å². The summed E-state index contributed by atoms with van der Waals surface area (Å²) in [5.74, 6) is 0.130. The van der Waals surface area contributed by atoms with Gasteiger partial charge in [-0.2, -0.15) is 4.98 Å². The van der Waals surface area contributed by atoms with Gasteiger partial charge in [0.25, 0.3) is 5.91 Å². The monoisotopic (exact) mass is 370 g/mol. The molecule has 1 aliphatic rings. The largest absolute Gasteiger partial charge is 0.481 e. The van der Waals surface area contributed by atoms with E-state index in [1.807, 2.05) is 10.8 Å². The number of methoxy groups -OCH3 is 1. The summed E-state index contributed by atoms with van der Waals surface area (Å²) in [7, 11) is 1.47. The Kier molecular flexibility index (Phi) is 3.86.